The molecule has 0 unspecified atom stereocenters. The summed E-state index contributed by atoms with van der Waals surface area (Å²) in [5.41, 5.74) is 0. The van der Waals surface area contributed by atoms with Crippen molar-refractivity contribution < 1.29 is 4.79 Å². The zero-order chi connectivity index (χ0) is 7.56. The minimum Gasteiger partial charge on any atom is -0.300 e. The van der Waals surface area contributed by atoms with E-state index in [9.17, 15) is 4.79 Å². The highest BCUT2D eigenvalue weighted by atomic mass is 32.1. The Morgan fingerprint density at radius 3 is 2.80 bits per heavy atom. The Hall–Kier alpha value is -0.970. The Kier molecular flexibility index (Phi) is 1.96. The Bertz CT molecular complexity index is 287. The molecule has 1 aromatic heterocycles. The molecular weight excluding hydrogens is 150 g/mol. The van der Waals surface area contributed by atoms with Crippen molar-refractivity contribution in [1.29, 1.82) is 0 Å². The fourth-order valence-corrected chi connectivity index (χ4v) is 0.785. The van der Waals surface area contributed by atoms with Crippen molar-refractivity contribution in [2.24, 2.45) is 0 Å². The topological polar surface area (TPSA) is 61.5 Å². The number of aromatic amines is 2. The van der Waals surface area contributed by atoms with Gasteiger partial charge in [-0.05, 0) is 19.1 Å². The van der Waals surface area contributed by atoms with Gasteiger partial charge in [-0.2, -0.15) is 0 Å². The minimum absolute atomic E-state index is 0.0674. The maximum Gasteiger partial charge on any atom is 0.213 e. The number of aromatic nitrogens is 3. The van der Waals surface area contributed by atoms with Gasteiger partial charge in [0.1, 0.15) is 11.6 Å². The fourth-order valence-electron chi connectivity index (χ4n) is 0.624. The molecule has 0 saturated heterocycles. The second kappa shape index (κ2) is 2.74. The first kappa shape index (κ1) is 7.14. The molecule has 2 N–H and O–H groups in total. The summed E-state index contributed by atoms with van der Waals surface area (Å²) >= 11 is 4.68. The fraction of sp³-hybridized carbons (Fsp3) is 0.400. The number of Topliss-reactive ketones (excluding diaryl/α,β-unsaturated/α-hetero) is 1. The van der Waals surface area contributed by atoms with Gasteiger partial charge in [0.25, 0.3) is 0 Å². The molecule has 54 valence electrons. The molecule has 5 heteroatoms. The van der Waals surface area contributed by atoms with Crippen LogP contribution in [0.3, 0.4) is 0 Å². The quantitative estimate of drug-likeness (QED) is 0.618. The molecule has 10 heavy (non-hydrogen) atoms. The van der Waals surface area contributed by atoms with Crippen LogP contribution in [0.5, 0.6) is 0 Å². The van der Waals surface area contributed by atoms with Crippen molar-refractivity contribution in [2.75, 3.05) is 0 Å². The maximum atomic E-state index is 10.5. The molecule has 1 rings (SSSR count). The van der Waals surface area contributed by atoms with Crippen molar-refractivity contribution in [3.05, 3.63) is 10.6 Å². The third-order valence-electron chi connectivity index (χ3n) is 0.967. The highest BCUT2D eigenvalue weighted by Gasteiger charge is 1.98. The number of nitrogens with zero attached hydrogens (tertiary/aromatic N) is 1. The van der Waals surface area contributed by atoms with E-state index in [0.717, 1.165) is 0 Å². The number of carbonyl (C=O) groups excluding carboxylic acids is 1. The number of nitrogens with one attached hydrogen (secondary N) is 2. The number of carbonyl (C=O) groups is 1. The van der Waals surface area contributed by atoms with Gasteiger partial charge in [-0.15, -0.1) is 0 Å². The van der Waals surface area contributed by atoms with Gasteiger partial charge in [-0.3, -0.25) is 15.0 Å². The molecule has 0 spiro atoms. The third kappa shape index (κ3) is 1.77. The van der Waals surface area contributed by atoms with Gasteiger partial charge in [-0.25, -0.2) is 4.98 Å². The van der Waals surface area contributed by atoms with E-state index in [-0.39, 0.29) is 5.78 Å². The highest BCUT2D eigenvalue weighted by molar-refractivity contribution is 7.71. The lowest BCUT2D eigenvalue weighted by molar-refractivity contribution is -0.116. The smallest absolute Gasteiger partial charge is 0.213 e. The number of rotatable bonds is 2. The summed E-state index contributed by atoms with van der Waals surface area (Å²) < 4.78 is 0.385. The van der Waals surface area contributed by atoms with Gasteiger partial charge in [0, 0.05) is 0 Å². The first-order valence-corrected chi connectivity index (χ1v) is 3.22. The van der Waals surface area contributed by atoms with Crippen LogP contribution in [-0.2, 0) is 11.2 Å². The SMILES string of the molecule is CC(=O)Cc1nc(=S)[nH][nH]1. The van der Waals surface area contributed by atoms with Gasteiger partial charge in [0.05, 0.1) is 6.42 Å². The van der Waals surface area contributed by atoms with Crippen LogP contribution in [0.25, 0.3) is 0 Å². The van der Waals surface area contributed by atoms with Crippen LogP contribution in [0.2, 0.25) is 0 Å². The minimum atomic E-state index is 0.0674. The molecule has 0 aliphatic rings. The molecule has 1 heterocycles. The lowest BCUT2D eigenvalue weighted by Gasteiger charge is -1.85. The highest BCUT2D eigenvalue weighted by Crippen LogP contribution is 1.89. The molecule has 0 fully saturated rings. The van der Waals surface area contributed by atoms with Gasteiger partial charge in [0.15, 0.2) is 0 Å². The van der Waals surface area contributed by atoms with Gasteiger partial charge >= 0.3 is 0 Å². The zero-order valence-corrected chi connectivity index (χ0v) is 6.29. The van der Waals surface area contributed by atoms with E-state index in [1.54, 1.807) is 0 Å². The van der Waals surface area contributed by atoms with Gasteiger partial charge in [-0.1, -0.05) is 0 Å². The van der Waals surface area contributed by atoms with E-state index >= 15 is 0 Å². The lowest BCUT2D eigenvalue weighted by atomic mass is 10.3. The summed E-state index contributed by atoms with van der Waals surface area (Å²) in [4.78, 5) is 14.3. The number of hydrogen-bond donors (Lipinski definition) is 2. The summed E-state index contributed by atoms with van der Waals surface area (Å²) in [5.74, 6) is 0.662. The average Bonchev–Trinajstić information content (AvgIpc) is 2.13. The predicted molar refractivity (Wildman–Crippen MR) is 38.2 cm³/mol. The van der Waals surface area contributed by atoms with Crippen LogP contribution in [0.4, 0.5) is 0 Å². The molecule has 1 aromatic rings. The summed E-state index contributed by atoms with van der Waals surface area (Å²) in [5, 5.41) is 5.28. The first-order valence-electron chi connectivity index (χ1n) is 2.81. The van der Waals surface area contributed by atoms with Crippen LogP contribution in [0, 0.1) is 4.77 Å². The number of hydrogen-bond acceptors (Lipinski definition) is 3. The predicted octanol–water partition coefficient (Wildman–Crippen LogP) is 0.599. The first-order chi connectivity index (χ1) is 4.68. The molecular formula is C5H7N3OS. The summed E-state index contributed by atoms with van der Waals surface area (Å²) in [6.07, 6.45) is 0.313. The van der Waals surface area contributed by atoms with Crippen LogP contribution >= 0.6 is 12.2 Å². The molecule has 0 aromatic carbocycles. The normalized spacial score (nSPS) is 9.70. The summed E-state index contributed by atoms with van der Waals surface area (Å²) in [6.45, 7) is 1.51. The van der Waals surface area contributed by atoms with E-state index in [1.165, 1.54) is 6.92 Å². The van der Waals surface area contributed by atoms with E-state index < -0.39 is 0 Å². The van der Waals surface area contributed by atoms with Gasteiger partial charge < -0.3 is 0 Å². The van der Waals surface area contributed by atoms with Crippen molar-refractivity contribution in [1.82, 2.24) is 15.2 Å². The van der Waals surface area contributed by atoms with E-state index in [1.807, 2.05) is 0 Å². The largest absolute Gasteiger partial charge is 0.300 e. The molecule has 4 nitrogen and oxygen atoms in total. The van der Waals surface area contributed by atoms with Crippen LogP contribution < -0.4 is 0 Å². The lowest BCUT2D eigenvalue weighted by Crippen LogP contribution is -1.97. The monoisotopic (exact) mass is 157 g/mol. The molecule has 0 saturated carbocycles. The van der Waals surface area contributed by atoms with Crippen molar-refractivity contribution in [2.45, 2.75) is 13.3 Å². The van der Waals surface area contributed by atoms with Gasteiger partial charge in [0.2, 0.25) is 4.77 Å². The van der Waals surface area contributed by atoms with Crippen LogP contribution in [0.15, 0.2) is 0 Å². The summed E-state index contributed by atoms with van der Waals surface area (Å²) in [7, 11) is 0. The standard InChI is InChI=1S/C5H7N3OS/c1-3(9)2-4-6-5(10)8-7-4/h2H2,1H3,(H2,6,7,8,10). The van der Waals surface area contributed by atoms with Crippen LogP contribution in [-0.4, -0.2) is 21.0 Å². The maximum absolute atomic E-state index is 10.5. The number of ketones is 1. The second-order valence-electron chi connectivity index (χ2n) is 1.99. The van der Waals surface area contributed by atoms with Crippen molar-refractivity contribution in [3.63, 3.8) is 0 Å². The van der Waals surface area contributed by atoms with Crippen LogP contribution in [0.1, 0.15) is 12.7 Å². The van der Waals surface area contributed by atoms with Crippen molar-refractivity contribution in [3.8, 4) is 0 Å². The van der Waals surface area contributed by atoms with E-state index in [2.05, 4.69) is 27.4 Å². The number of H-pyrrole nitrogens is 2. The summed E-state index contributed by atoms with van der Waals surface area (Å²) in [6, 6.07) is 0. The zero-order valence-electron chi connectivity index (χ0n) is 5.47. The Morgan fingerprint density at radius 2 is 2.40 bits per heavy atom. The molecule has 0 atom stereocenters. The average molecular weight is 157 g/mol. The van der Waals surface area contributed by atoms with E-state index in [0.29, 0.717) is 17.0 Å². The molecule has 0 radical (unpaired) electrons. The van der Waals surface area contributed by atoms with Crippen molar-refractivity contribution >= 4 is 18.0 Å². The second-order valence-corrected chi connectivity index (χ2v) is 2.38. The molecule has 0 amide bonds. The third-order valence-corrected chi connectivity index (χ3v) is 1.16. The van der Waals surface area contributed by atoms with E-state index in [4.69, 9.17) is 0 Å². The molecule has 0 aliphatic carbocycles. The Labute approximate surface area is 62.7 Å². The molecule has 0 aliphatic heterocycles. The Balaban J connectivity index is 2.76. The Morgan fingerprint density at radius 1 is 1.70 bits per heavy atom. The molecule has 0 bridgehead atoms.